The van der Waals surface area contributed by atoms with Crippen molar-refractivity contribution in [3.05, 3.63) is 95.1 Å². The topological polar surface area (TPSA) is 36.4 Å². The summed E-state index contributed by atoms with van der Waals surface area (Å²) in [7, 11) is 0. The fourth-order valence-electron chi connectivity index (χ4n) is 4.45. The van der Waals surface area contributed by atoms with E-state index < -0.39 is 0 Å². The third-order valence-corrected chi connectivity index (χ3v) is 7.56. The number of anilines is 1. The summed E-state index contributed by atoms with van der Waals surface area (Å²) in [5, 5.41) is 1.06. The fourth-order valence-corrected chi connectivity index (χ4v) is 5.62. The zero-order valence-electron chi connectivity index (χ0n) is 18.5. The maximum Gasteiger partial charge on any atom is 0.234 e. The van der Waals surface area contributed by atoms with E-state index in [1.165, 1.54) is 15.8 Å². The lowest BCUT2D eigenvalue weighted by atomic mass is 9.90. The molecule has 2 heterocycles. The van der Waals surface area contributed by atoms with Crippen molar-refractivity contribution in [3.8, 4) is 0 Å². The summed E-state index contributed by atoms with van der Waals surface area (Å²) in [6.45, 7) is 7.30. The van der Waals surface area contributed by atoms with Gasteiger partial charge in [-0.15, -0.1) is 0 Å². The molecule has 0 atom stereocenters. The van der Waals surface area contributed by atoms with Gasteiger partial charge >= 0.3 is 0 Å². The number of hydrogen-bond donors (Lipinski definition) is 0. The molecule has 1 saturated heterocycles. The minimum absolute atomic E-state index is 0.179. The number of aryl methyl sites for hydroxylation is 2. The Hall–Kier alpha value is -3.18. The molecule has 0 bridgehead atoms. The molecule has 0 saturated carbocycles. The largest absolute Gasteiger partial charge is 0.345 e. The first-order valence-electron chi connectivity index (χ1n) is 11.1. The molecule has 162 valence electrons. The van der Waals surface area contributed by atoms with Crippen LogP contribution in [0.3, 0.4) is 0 Å². The first kappa shape index (κ1) is 20.7. The Morgan fingerprint density at radius 3 is 1.94 bits per heavy atom. The first-order chi connectivity index (χ1) is 15.6. The minimum atomic E-state index is -0.267. The van der Waals surface area contributed by atoms with Crippen LogP contribution in [0.25, 0.3) is 10.2 Å². The molecule has 5 rings (SSSR count). The molecule has 5 heteroatoms. The van der Waals surface area contributed by atoms with Gasteiger partial charge in [-0.1, -0.05) is 84.1 Å². The minimum Gasteiger partial charge on any atom is -0.345 e. The molecule has 4 nitrogen and oxygen atoms in total. The zero-order chi connectivity index (χ0) is 22.1. The van der Waals surface area contributed by atoms with Gasteiger partial charge in [0, 0.05) is 26.2 Å². The summed E-state index contributed by atoms with van der Waals surface area (Å²) >= 11 is 1.77. The Kier molecular flexibility index (Phi) is 5.66. The first-order valence-corrected chi connectivity index (χ1v) is 11.9. The third-order valence-electron chi connectivity index (χ3n) is 6.31. The molecule has 0 aliphatic carbocycles. The SMILES string of the molecule is Cc1ccc(C)c2sc(N3CCN(C(=O)C(c4ccccc4)c4ccccc4)CC3)nc12. The average Bonchev–Trinajstić information content (AvgIpc) is 3.30. The monoisotopic (exact) mass is 441 g/mol. The average molecular weight is 442 g/mol. The lowest BCUT2D eigenvalue weighted by Gasteiger charge is -2.36. The van der Waals surface area contributed by atoms with Crippen molar-refractivity contribution in [1.29, 1.82) is 0 Å². The standard InChI is InChI=1S/C27H27N3OS/c1-19-13-14-20(2)25-24(19)28-27(32-25)30-17-15-29(16-18-30)26(31)23(21-9-5-3-6-10-21)22-11-7-4-8-12-22/h3-14,23H,15-18H2,1-2H3. The van der Waals surface area contributed by atoms with Crippen molar-refractivity contribution < 1.29 is 4.79 Å². The van der Waals surface area contributed by atoms with Gasteiger partial charge in [-0.2, -0.15) is 0 Å². The van der Waals surface area contributed by atoms with Crippen LogP contribution in [0.2, 0.25) is 0 Å². The predicted octanol–water partition coefficient (Wildman–Crippen LogP) is 5.39. The van der Waals surface area contributed by atoms with E-state index in [2.05, 4.69) is 55.1 Å². The van der Waals surface area contributed by atoms with Gasteiger partial charge in [0.25, 0.3) is 0 Å². The fraction of sp³-hybridized carbons (Fsp3) is 0.259. The van der Waals surface area contributed by atoms with E-state index in [0.29, 0.717) is 13.1 Å². The molecule has 1 aromatic heterocycles. The number of thiazole rings is 1. The molecule has 32 heavy (non-hydrogen) atoms. The van der Waals surface area contributed by atoms with Crippen LogP contribution in [-0.4, -0.2) is 42.0 Å². The quantitative estimate of drug-likeness (QED) is 0.426. The van der Waals surface area contributed by atoms with Crippen molar-refractivity contribution in [2.24, 2.45) is 0 Å². The number of carbonyl (C=O) groups is 1. The number of hydrogen-bond acceptors (Lipinski definition) is 4. The van der Waals surface area contributed by atoms with Crippen LogP contribution in [0.1, 0.15) is 28.2 Å². The van der Waals surface area contributed by atoms with E-state index in [-0.39, 0.29) is 11.8 Å². The lowest BCUT2D eigenvalue weighted by Crippen LogP contribution is -2.50. The van der Waals surface area contributed by atoms with Crippen molar-refractivity contribution in [2.45, 2.75) is 19.8 Å². The van der Waals surface area contributed by atoms with Gasteiger partial charge in [-0.3, -0.25) is 4.79 Å². The highest BCUT2D eigenvalue weighted by atomic mass is 32.1. The van der Waals surface area contributed by atoms with Gasteiger partial charge in [0.1, 0.15) is 0 Å². The van der Waals surface area contributed by atoms with Gasteiger partial charge in [0.15, 0.2) is 5.13 Å². The second kappa shape index (κ2) is 8.75. The molecule has 0 spiro atoms. The Labute approximate surface area is 193 Å². The third kappa shape index (κ3) is 3.89. The van der Waals surface area contributed by atoms with Gasteiger partial charge < -0.3 is 9.80 Å². The van der Waals surface area contributed by atoms with Crippen molar-refractivity contribution >= 4 is 32.6 Å². The van der Waals surface area contributed by atoms with Crippen molar-refractivity contribution in [2.75, 3.05) is 31.1 Å². The van der Waals surface area contributed by atoms with Gasteiger partial charge in [-0.25, -0.2) is 4.98 Å². The molecule has 1 aliphatic rings. The number of fused-ring (bicyclic) bond motifs is 1. The Morgan fingerprint density at radius 1 is 0.812 bits per heavy atom. The van der Waals surface area contributed by atoms with E-state index >= 15 is 0 Å². The predicted molar refractivity (Wildman–Crippen MR) is 133 cm³/mol. The van der Waals surface area contributed by atoms with E-state index in [9.17, 15) is 4.79 Å². The molecule has 0 radical (unpaired) electrons. The van der Waals surface area contributed by atoms with E-state index in [0.717, 1.165) is 34.9 Å². The molecule has 0 N–H and O–H groups in total. The lowest BCUT2D eigenvalue weighted by molar-refractivity contribution is -0.132. The maximum absolute atomic E-state index is 13.7. The summed E-state index contributed by atoms with van der Waals surface area (Å²) in [5.41, 5.74) is 5.69. The van der Waals surface area contributed by atoms with Gasteiger partial charge in [0.2, 0.25) is 5.91 Å². The highest BCUT2D eigenvalue weighted by molar-refractivity contribution is 7.22. The molecular weight excluding hydrogens is 414 g/mol. The van der Waals surface area contributed by atoms with Gasteiger partial charge in [-0.05, 0) is 36.1 Å². The second-order valence-electron chi connectivity index (χ2n) is 8.44. The molecule has 1 aliphatic heterocycles. The van der Waals surface area contributed by atoms with Crippen LogP contribution in [-0.2, 0) is 4.79 Å². The highest BCUT2D eigenvalue weighted by Gasteiger charge is 2.30. The van der Waals surface area contributed by atoms with Crippen LogP contribution >= 0.6 is 11.3 Å². The normalized spacial score (nSPS) is 14.3. The van der Waals surface area contributed by atoms with Crippen LogP contribution < -0.4 is 4.90 Å². The smallest absolute Gasteiger partial charge is 0.234 e. The number of aromatic nitrogens is 1. The molecule has 0 unspecified atom stereocenters. The maximum atomic E-state index is 13.7. The summed E-state index contributed by atoms with van der Waals surface area (Å²) in [4.78, 5) is 23.0. The summed E-state index contributed by atoms with van der Waals surface area (Å²) in [6, 6.07) is 24.5. The van der Waals surface area contributed by atoms with E-state index in [1.807, 2.05) is 41.3 Å². The van der Waals surface area contributed by atoms with Crippen LogP contribution in [0.5, 0.6) is 0 Å². The highest BCUT2D eigenvalue weighted by Crippen LogP contribution is 2.34. The number of benzene rings is 3. The number of rotatable bonds is 4. The molecule has 4 aromatic rings. The zero-order valence-corrected chi connectivity index (χ0v) is 19.3. The van der Waals surface area contributed by atoms with E-state index in [1.54, 1.807) is 11.3 Å². The Bertz CT molecular complexity index is 1150. The molecule has 1 amide bonds. The number of piperazine rings is 1. The Balaban J connectivity index is 1.35. The summed E-state index contributed by atoms with van der Waals surface area (Å²) in [5.74, 6) is -0.0882. The molecular formula is C27H27N3OS. The van der Waals surface area contributed by atoms with Crippen molar-refractivity contribution in [1.82, 2.24) is 9.88 Å². The van der Waals surface area contributed by atoms with Gasteiger partial charge in [0.05, 0.1) is 16.1 Å². The summed E-state index contributed by atoms with van der Waals surface area (Å²) < 4.78 is 1.27. The van der Waals surface area contributed by atoms with Crippen LogP contribution in [0.4, 0.5) is 5.13 Å². The van der Waals surface area contributed by atoms with Crippen molar-refractivity contribution in [3.63, 3.8) is 0 Å². The van der Waals surface area contributed by atoms with Crippen LogP contribution in [0, 0.1) is 13.8 Å². The molecule has 1 fully saturated rings. The number of nitrogens with zero attached hydrogens (tertiary/aromatic N) is 3. The number of carbonyl (C=O) groups excluding carboxylic acids is 1. The van der Waals surface area contributed by atoms with Crippen LogP contribution in [0.15, 0.2) is 72.8 Å². The molecule has 3 aromatic carbocycles. The number of amides is 1. The second-order valence-corrected chi connectivity index (χ2v) is 9.42. The Morgan fingerprint density at radius 2 is 1.38 bits per heavy atom. The summed E-state index contributed by atoms with van der Waals surface area (Å²) in [6.07, 6.45) is 0. The van der Waals surface area contributed by atoms with E-state index in [4.69, 9.17) is 4.98 Å².